The molecule has 1 aromatic rings. The largest absolute Gasteiger partial charge is 0.354 e. The van der Waals surface area contributed by atoms with Gasteiger partial charge in [-0.1, -0.05) is 30.3 Å². The van der Waals surface area contributed by atoms with E-state index in [0.717, 1.165) is 12.5 Å². The minimum atomic E-state index is 0.130. The average Bonchev–Trinajstić information content (AvgIpc) is 3.19. The molecule has 2 N–H and O–H groups in total. The SMILES string of the molecule is CC(C)NC(=O)CCNC(c1ccccc1)C1CC1. The molecule has 1 atom stereocenters. The highest BCUT2D eigenvalue weighted by Crippen LogP contribution is 2.40. The third kappa shape index (κ3) is 4.67. The van der Waals surface area contributed by atoms with Crippen LogP contribution in [0.3, 0.4) is 0 Å². The summed E-state index contributed by atoms with van der Waals surface area (Å²) in [5.74, 6) is 0.876. The maximum Gasteiger partial charge on any atom is 0.221 e. The number of carbonyl (C=O) groups is 1. The van der Waals surface area contributed by atoms with E-state index in [4.69, 9.17) is 0 Å². The van der Waals surface area contributed by atoms with Crippen molar-refractivity contribution in [2.24, 2.45) is 5.92 Å². The van der Waals surface area contributed by atoms with Crippen LogP contribution in [-0.4, -0.2) is 18.5 Å². The maximum atomic E-state index is 11.6. The van der Waals surface area contributed by atoms with Crippen molar-refractivity contribution in [1.29, 1.82) is 0 Å². The lowest BCUT2D eigenvalue weighted by atomic mass is 10.0. The number of nitrogens with one attached hydrogen (secondary N) is 2. The molecule has 0 aromatic heterocycles. The summed E-state index contributed by atoms with van der Waals surface area (Å²) in [5, 5.41) is 6.46. The molecule has 3 nitrogen and oxygen atoms in total. The van der Waals surface area contributed by atoms with Gasteiger partial charge in [-0.2, -0.15) is 0 Å². The third-order valence-electron chi connectivity index (χ3n) is 3.42. The molecule has 1 saturated carbocycles. The number of hydrogen-bond donors (Lipinski definition) is 2. The summed E-state index contributed by atoms with van der Waals surface area (Å²) >= 11 is 0. The molecule has 0 spiro atoms. The van der Waals surface area contributed by atoms with Crippen LogP contribution >= 0.6 is 0 Å². The second kappa shape index (κ2) is 6.71. The Morgan fingerprint density at radius 2 is 1.95 bits per heavy atom. The first-order valence-electron chi connectivity index (χ1n) is 7.24. The second-order valence-corrected chi connectivity index (χ2v) is 5.65. The van der Waals surface area contributed by atoms with E-state index < -0.39 is 0 Å². The van der Waals surface area contributed by atoms with Gasteiger partial charge in [-0.25, -0.2) is 0 Å². The zero-order chi connectivity index (χ0) is 13.7. The van der Waals surface area contributed by atoms with Crippen LogP contribution < -0.4 is 10.6 Å². The van der Waals surface area contributed by atoms with Crippen LogP contribution in [0.2, 0.25) is 0 Å². The molecular formula is C16H24N2O. The van der Waals surface area contributed by atoms with Crippen molar-refractivity contribution in [3.05, 3.63) is 35.9 Å². The minimum Gasteiger partial charge on any atom is -0.354 e. The van der Waals surface area contributed by atoms with Crippen molar-refractivity contribution in [1.82, 2.24) is 10.6 Å². The monoisotopic (exact) mass is 260 g/mol. The Balaban J connectivity index is 1.80. The predicted octanol–water partition coefficient (Wildman–Crippen LogP) is 2.64. The molecule has 2 rings (SSSR count). The Hall–Kier alpha value is -1.35. The first kappa shape index (κ1) is 14.1. The highest BCUT2D eigenvalue weighted by molar-refractivity contribution is 5.76. The molecule has 1 fully saturated rings. The molecule has 1 aliphatic carbocycles. The summed E-state index contributed by atoms with van der Waals surface area (Å²) in [6, 6.07) is 11.2. The number of rotatable bonds is 7. The summed E-state index contributed by atoms with van der Waals surface area (Å²) in [7, 11) is 0. The number of carbonyl (C=O) groups excluding carboxylic acids is 1. The molecule has 19 heavy (non-hydrogen) atoms. The third-order valence-corrected chi connectivity index (χ3v) is 3.42. The summed E-state index contributed by atoms with van der Waals surface area (Å²) in [5.41, 5.74) is 1.34. The molecule has 0 saturated heterocycles. The lowest BCUT2D eigenvalue weighted by Gasteiger charge is -2.19. The van der Waals surface area contributed by atoms with Gasteiger partial charge < -0.3 is 10.6 Å². The second-order valence-electron chi connectivity index (χ2n) is 5.65. The first-order chi connectivity index (χ1) is 9.16. The Kier molecular flexibility index (Phi) is 4.97. The van der Waals surface area contributed by atoms with Crippen LogP contribution in [0.4, 0.5) is 0 Å². The Labute approximate surface area is 115 Å². The molecule has 0 bridgehead atoms. The molecule has 0 heterocycles. The standard InChI is InChI=1S/C16H24N2O/c1-12(2)18-15(19)10-11-17-16(14-8-9-14)13-6-4-3-5-7-13/h3-7,12,14,16-17H,8-11H2,1-2H3,(H,18,19). The summed E-state index contributed by atoms with van der Waals surface area (Å²) in [6.45, 7) is 4.72. The first-order valence-corrected chi connectivity index (χ1v) is 7.24. The number of amides is 1. The summed E-state index contributed by atoms with van der Waals surface area (Å²) in [6.07, 6.45) is 3.14. The van der Waals surface area contributed by atoms with Gasteiger partial charge in [0.25, 0.3) is 0 Å². The Bertz CT molecular complexity index is 398. The van der Waals surface area contributed by atoms with Gasteiger partial charge in [-0.15, -0.1) is 0 Å². The normalized spacial score (nSPS) is 16.4. The van der Waals surface area contributed by atoms with Crippen molar-refractivity contribution < 1.29 is 4.79 Å². The van der Waals surface area contributed by atoms with E-state index in [0.29, 0.717) is 12.5 Å². The van der Waals surface area contributed by atoms with Crippen molar-refractivity contribution in [3.8, 4) is 0 Å². The fourth-order valence-corrected chi connectivity index (χ4v) is 2.38. The van der Waals surface area contributed by atoms with Crippen molar-refractivity contribution in [3.63, 3.8) is 0 Å². The molecule has 1 aromatic carbocycles. The molecule has 0 aliphatic heterocycles. The van der Waals surface area contributed by atoms with Gasteiger partial charge in [-0.3, -0.25) is 4.79 Å². The summed E-state index contributed by atoms with van der Waals surface area (Å²) < 4.78 is 0. The van der Waals surface area contributed by atoms with Gasteiger partial charge in [-0.05, 0) is 38.2 Å². The van der Waals surface area contributed by atoms with Crippen LogP contribution in [0.25, 0.3) is 0 Å². The Morgan fingerprint density at radius 3 is 2.53 bits per heavy atom. The van der Waals surface area contributed by atoms with Crippen LogP contribution in [0.15, 0.2) is 30.3 Å². The smallest absolute Gasteiger partial charge is 0.221 e. The van der Waals surface area contributed by atoms with Gasteiger partial charge >= 0.3 is 0 Å². The van der Waals surface area contributed by atoms with Crippen molar-refractivity contribution in [2.75, 3.05) is 6.54 Å². The van der Waals surface area contributed by atoms with E-state index in [9.17, 15) is 4.79 Å². The Morgan fingerprint density at radius 1 is 1.26 bits per heavy atom. The highest BCUT2D eigenvalue weighted by Gasteiger charge is 2.31. The van der Waals surface area contributed by atoms with E-state index in [1.165, 1.54) is 18.4 Å². The van der Waals surface area contributed by atoms with Crippen molar-refractivity contribution in [2.45, 2.75) is 45.2 Å². The van der Waals surface area contributed by atoms with Crippen LogP contribution in [0.5, 0.6) is 0 Å². The van der Waals surface area contributed by atoms with Crippen LogP contribution in [0.1, 0.15) is 44.7 Å². The lowest BCUT2D eigenvalue weighted by molar-refractivity contribution is -0.121. The number of hydrogen-bond acceptors (Lipinski definition) is 2. The van der Waals surface area contributed by atoms with E-state index in [1.807, 2.05) is 19.9 Å². The van der Waals surface area contributed by atoms with E-state index in [-0.39, 0.29) is 11.9 Å². The number of benzene rings is 1. The van der Waals surface area contributed by atoms with Crippen LogP contribution in [-0.2, 0) is 4.79 Å². The quantitative estimate of drug-likeness (QED) is 0.791. The van der Waals surface area contributed by atoms with E-state index >= 15 is 0 Å². The molecule has 1 unspecified atom stereocenters. The minimum absolute atomic E-state index is 0.130. The zero-order valence-electron chi connectivity index (χ0n) is 11.9. The molecular weight excluding hydrogens is 236 g/mol. The van der Waals surface area contributed by atoms with Gasteiger partial charge in [0, 0.05) is 25.0 Å². The maximum absolute atomic E-state index is 11.6. The van der Waals surface area contributed by atoms with Crippen LogP contribution in [0, 0.1) is 5.92 Å². The van der Waals surface area contributed by atoms with E-state index in [2.05, 4.69) is 34.9 Å². The van der Waals surface area contributed by atoms with E-state index in [1.54, 1.807) is 0 Å². The molecule has 3 heteroatoms. The predicted molar refractivity (Wildman–Crippen MR) is 77.8 cm³/mol. The molecule has 0 radical (unpaired) electrons. The fourth-order valence-electron chi connectivity index (χ4n) is 2.38. The molecule has 104 valence electrons. The average molecular weight is 260 g/mol. The van der Waals surface area contributed by atoms with Gasteiger partial charge in [0.2, 0.25) is 5.91 Å². The highest BCUT2D eigenvalue weighted by atomic mass is 16.1. The zero-order valence-corrected chi connectivity index (χ0v) is 11.9. The van der Waals surface area contributed by atoms with Crippen molar-refractivity contribution >= 4 is 5.91 Å². The van der Waals surface area contributed by atoms with Gasteiger partial charge in [0.1, 0.15) is 0 Å². The van der Waals surface area contributed by atoms with Gasteiger partial charge in [0.15, 0.2) is 0 Å². The van der Waals surface area contributed by atoms with Gasteiger partial charge in [0.05, 0.1) is 0 Å². The topological polar surface area (TPSA) is 41.1 Å². The lowest BCUT2D eigenvalue weighted by Crippen LogP contribution is -2.33. The fraction of sp³-hybridized carbons (Fsp3) is 0.562. The summed E-state index contributed by atoms with van der Waals surface area (Å²) in [4.78, 5) is 11.6. The molecule has 1 amide bonds. The molecule has 1 aliphatic rings.